The van der Waals surface area contributed by atoms with Gasteiger partial charge < -0.3 is 9.84 Å². The van der Waals surface area contributed by atoms with Gasteiger partial charge in [0.15, 0.2) is 0 Å². The van der Waals surface area contributed by atoms with E-state index in [0.29, 0.717) is 5.56 Å². The molecule has 0 saturated heterocycles. The van der Waals surface area contributed by atoms with Crippen LogP contribution >= 0.6 is 0 Å². The molecule has 1 aromatic rings. The van der Waals surface area contributed by atoms with Crippen LogP contribution < -0.4 is 0 Å². The van der Waals surface area contributed by atoms with Crippen molar-refractivity contribution in [3.63, 3.8) is 0 Å². The fraction of sp³-hybridized carbons (Fsp3) is 0.636. The summed E-state index contributed by atoms with van der Waals surface area (Å²) in [7, 11) is 1.34. The first-order valence-electron chi connectivity index (χ1n) is 5.53. The maximum absolute atomic E-state index is 11.3. The molecular weight excluding hydrogens is 208 g/mol. The Bertz CT molecular complexity index is 375. The lowest BCUT2D eigenvalue weighted by molar-refractivity contribution is 0.0595. The first-order valence-corrected chi connectivity index (χ1v) is 5.53. The highest BCUT2D eigenvalue weighted by Crippen LogP contribution is 2.28. The molecule has 1 heterocycles. The van der Waals surface area contributed by atoms with Crippen LogP contribution in [0.3, 0.4) is 0 Å². The smallest absolute Gasteiger partial charge is 0.341 e. The highest BCUT2D eigenvalue weighted by Gasteiger charge is 2.25. The second-order valence-corrected chi connectivity index (χ2v) is 4.12. The first-order chi connectivity index (χ1) is 7.72. The monoisotopic (exact) mass is 224 g/mol. The molecule has 0 aromatic carbocycles. The van der Waals surface area contributed by atoms with Crippen LogP contribution in [0.1, 0.15) is 42.1 Å². The van der Waals surface area contributed by atoms with Gasteiger partial charge in [-0.25, -0.2) is 4.79 Å². The van der Waals surface area contributed by atoms with Crippen molar-refractivity contribution < 1.29 is 14.6 Å². The zero-order valence-corrected chi connectivity index (χ0v) is 9.30. The summed E-state index contributed by atoms with van der Waals surface area (Å²) in [5.41, 5.74) is 0.431. The summed E-state index contributed by atoms with van der Waals surface area (Å²) < 4.78 is 6.29. The molecule has 0 bridgehead atoms. The number of carbonyl (C=O) groups is 1. The fourth-order valence-corrected chi connectivity index (χ4v) is 2.14. The molecule has 0 unspecified atom stereocenters. The van der Waals surface area contributed by atoms with Crippen molar-refractivity contribution in [1.82, 2.24) is 9.78 Å². The van der Waals surface area contributed by atoms with E-state index in [1.165, 1.54) is 13.3 Å². The number of aliphatic hydroxyl groups is 1. The van der Waals surface area contributed by atoms with Gasteiger partial charge in [0, 0.05) is 6.20 Å². The number of aromatic nitrogens is 2. The molecule has 1 N–H and O–H groups in total. The van der Waals surface area contributed by atoms with Crippen molar-refractivity contribution in [3.05, 3.63) is 18.0 Å². The van der Waals surface area contributed by atoms with E-state index in [1.807, 2.05) is 0 Å². The average Bonchev–Trinajstić information content (AvgIpc) is 2.78. The van der Waals surface area contributed by atoms with Crippen LogP contribution in [-0.4, -0.2) is 34.1 Å². The summed E-state index contributed by atoms with van der Waals surface area (Å²) in [6, 6.07) is -0.00726. The maximum Gasteiger partial charge on any atom is 0.341 e. The number of rotatable bonds is 2. The fourth-order valence-electron chi connectivity index (χ4n) is 2.14. The van der Waals surface area contributed by atoms with Crippen LogP contribution in [0, 0.1) is 0 Å². The van der Waals surface area contributed by atoms with Gasteiger partial charge in [0.25, 0.3) is 0 Å². The molecule has 1 fully saturated rings. The lowest BCUT2D eigenvalue weighted by Crippen LogP contribution is -2.27. The van der Waals surface area contributed by atoms with E-state index in [0.717, 1.165) is 25.7 Å². The highest BCUT2D eigenvalue weighted by atomic mass is 16.5. The number of carbonyl (C=O) groups excluding carboxylic acids is 1. The van der Waals surface area contributed by atoms with Crippen LogP contribution in [0.15, 0.2) is 12.4 Å². The summed E-state index contributed by atoms with van der Waals surface area (Å²) in [5, 5.41) is 14.0. The molecule has 0 amide bonds. The minimum absolute atomic E-state index is 0.00726. The van der Waals surface area contributed by atoms with E-state index in [9.17, 15) is 9.90 Å². The van der Waals surface area contributed by atoms with Crippen molar-refractivity contribution >= 4 is 5.97 Å². The van der Waals surface area contributed by atoms with Gasteiger partial charge >= 0.3 is 5.97 Å². The summed E-state index contributed by atoms with van der Waals surface area (Å²) in [6.07, 6.45) is 6.62. The minimum atomic E-state index is -0.392. The van der Waals surface area contributed by atoms with Crippen LogP contribution in [0.25, 0.3) is 0 Å². The molecule has 2 atom stereocenters. The van der Waals surface area contributed by atoms with Gasteiger partial charge in [0.1, 0.15) is 0 Å². The Kier molecular flexibility index (Phi) is 3.24. The number of esters is 1. The summed E-state index contributed by atoms with van der Waals surface area (Å²) in [4.78, 5) is 11.3. The molecule has 1 aliphatic rings. The van der Waals surface area contributed by atoms with E-state index in [1.54, 1.807) is 10.9 Å². The average molecular weight is 224 g/mol. The summed E-state index contributed by atoms with van der Waals surface area (Å²) in [5.74, 6) is -0.392. The van der Waals surface area contributed by atoms with Crippen LogP contribution in [-0.2, 0) is 4.74 Å². The SMILES string of the molecule is COC(=O)c1cnn([C@@H]2CCCC[C@@H]2O)c1. The van der Waals surface area contributed by atoms with Gasteiger partial charge in [-0.15, -0.1) is 0 Å². The lowest BCUT2D eigenvalue weighted by Gasteiger charge is -2.27. The van der Waals surface area contributed by atoms with Crippen molar-refractivity contribution in [2.75, 3.05) is 7.11 Å². The number of aliphatic hydroxyl groups excluding tert-OH is 1. The quantitative estimate of drug-likeness (QED) is 0.765. The third-order valence-electron chi connectivity index (χ3n) is 3.06. The number of ether oxygens (including phenoxy) is 1. The largest absolute Gasteiger partial charge is 0.465 e. The third-order valence-corrected chi connectivity index (χ3v) is 3.06. The molecule has 1 aliphatic carbocycles. The number of nitrogens with zero attached hydrogens (tertiary/aromatic N) is 2. The van der Waals surface area contributed by atoms with E-state index in [-0.39, 0.29) is 12.1 Å². The normalized spacial score (nSPS) is 25.4. The Morgan fingerprint density at radius 1 is 1.56 bits per heavy atom. The Morgan fingerprint density at radius 3 is 3.00 bits per heavy atom. The predicted octanol–water partition coefficient (Wildman–Crippen LogP) is 1.15. The van der Waals surface area contributed by atoms with Gasteiger partial charge in [-0.05, 0) is 12.8 Å². The Morgan fingerprint density at radius 2 is 2.31 bits per heavy atom. The lowest BCUT2D eigenvalue weighted by atomic mass is 9.93. The van der Waals surface area contributed by atoms with E-state index in [2.05, 4.69) is 9.84 Å². The zero-order chi connectivity index (χ0) is 11.5. The molecule has 5 heteroatoms. The third kappa shape index (κ3) is 2.09. The second kappa shape index (κ2) is 4.65. The van der Waals surface area contributed by atoms with Gasteiger partial charge in [-0.1, -0.05) is 12.8 Å². The molecule has 5 nitrogen and oxygen atoms in total. The Hall–Kier alpha value is -1.36. The topological polar surface area (TPSA) is 64.3 Å². The van der Waals surface area contributed by atoms with E-state index in [4.69, 9.17) is 0 Å². The Balaban J connectivity index is 2.14. The minimum Gasteiger partial charge on any atom is -0.465 e. The van der Waals surface area contributed by atoms with E-state index < -0.39 is 5.97 Å². The zero-order valence-electron chi connectivity index (χ0n) is 9.30. The molecule has 1 aromatic heterocycles. The van der Waals surface area contributed by atoms with Crippen LogP contribution in [0.2, 0.25) is 0 Å². The molecule has 0 aliphatic heterocycles. The molecule has 16 heavy (non-hydrogen) atoms. The molecule has 0 spiro atoms. The maximum atomic E-state index is 11.3. The van der Waals surface area contributed by atoms with Crippen molar-refractivity contribution in [2.45, 2.75) is 37.8 Å². The van der Waals surface area contributed by atoms with Gasteiger partial charge in [-0.2, -0.15) is 5.10 Å². The van der Waals surface area contributed by atoms with Crippen LogP contribution in [0.5, 0.6) is 0 Å². The van der Waals surface area contributed by atoms with Crippen molar-refractivity contribution in [1.29, 1.82) is 0 Å². The number of methoxy groups -OCH3 is 1. The molecule has 0 radical (unpaired) electrons. The van der Waals surface area contributed by atoms with Crippen LogP contribution in [0.4, 0.5) is 0 Å². The molecule has 1 saturated carbocycles. The standard InChI is InChI=1S/C11H16N2O3/c1-16-11(15)8-6-12-13(7-8)9-4-2-3-5-10(9)14/h6-7,9-10,14H,2-5H2,1H3/t9-,10+/m1/s1. The van der Waals surface area contributed by atoms with Crippen molar-refractivity contribution in [3.8, 4) is 0 Å². The van der Waals surface area contributed by atoms with Gasteiger partial charge in [-0.3, -0.25) is 4.68 Å². The predicted molar refractivity (Wildman–Crippen MR) is 57.1 cm³/mol. The highest BCUT2D eigenvalue weighted by molar-refractivity contribution is 5.88. The first kappa shape index (κ1) is 11.1. The number of hydrogen-bond donors (Lipinski definition) is 1. The second-order valence-electron chi connectivity index (χ2n) is 4.12. The molecule has 88 valence electrons. The number of hydrogen-bond acceptors (Lipinski definition) is 4. The van der Waals surface area contributed by atoms with Gasteiger partial charge in [0.05, 0.1) is 31.0 Å². The summed E-state index contributed by atoms with van der Waals surface area (Å²) >= 11 is 0. The summed E-state index contributed by atoms with van der Waals surface area (Å²) in [6.45, 7) is 0. The van der Waals surface area contributed by atoms with Crippen molar-refractivity contribution in [2.24, 2.45) is 0 Å². The Labute approximate surface area is 94.0 Å². The van der Waals surface area contributed by atoms with E-state index >= 15 is 0 Å². The molecular formula is C11H16N2O3. The van der Waals surface area contributed by atoms with Gasteiger partial charge in [0.2, 0.25) is 0 Å². The molecule has 2 rings (SSSR count).